The molecule has 0 atom stereocenters. The summed E-state index contributed by atoms with van der Waals surface area (Å²) in [6, 6.07) is 61.2. The van der Waals surface area contributed by atoms with E-state index in [1.54, 1.807) is 0 Å². The molecule has 0 saturated carbocycles. The van der Waals surface area contributed by atoms with Crippen molar-refractivity contribution in [2.45, 2.75) is 0 Å². The van der Waals surface area contributed by atoms with Crippen LogP contribution in [0, 0.1) is 0 Å². The van der Waals surface area contributed by atoms with E-state index in [2.05, 4.69) is 115 Å². The zero-order valence-electron chi connectivity index (χ0n) is 27.5. The Bertz CT molecular complexity index is 2900. The van der Waals surface area contributed by atoms with Gasteiger partial charge in [-0.2, -0.15) is 0 Å². The van der Waals surface area contributed by atoms with Crippen molar-refractivity contribution in [3.05, 3.63) is 176 Å². The molecular weight excluding hydrogens is 623 g/mol. The summed E-state index contributed by atoms with van der Waals surface area (Å²) >= 11 is 0. The molecule has 0 amide bonds. The van der Waals surface area contributed by atoms with E-state index in [0.717, 1.165) is 49.8 Å². The third kappa shape index (κ3) is 5.04. The van der Waals surface area contributed by atoms with Gasteiger partial charge in [0.2, 0.25) is 0 Å². The number of fused-ring (bicyclic) bond motifs is 5. The van der Waals surface area contributed by atoms with Crippen LogP contribution in [-0.2, 0) is 0 Å². The van der Waals surface area contributed by atoms with Crippen LogP contribution < -0.4 is 0 Å². The van der Waals surface area contributed by atoms with Gasteiger partial charge in [-0.1, -0.05) is 152 Å². The predicted octanol–water partition coefficient (Wildman–Crippen LogP) is 12.4. The quantitative estimate of drug-likeness (QED) is 0.186. The average Bonchev–Trinajstić information content (AvgIpc) is 3.59. The molecule has 2 aromatic heterocycles. The number of hydrogen-bond acceptors (Lipinski definition) is 4. The molecule has 0 saturated heterocycles. The lowest BCUT2D eigenvalue weighted by atomic mass is 9.90. The van der Waals surface area contributed by atoms with E-state index in [4.69, 9.17) is 19.4 Å². The number of benzene rings is 8. The first-order valence-corrected chi connectivity index (χ1v) is 17.1. The lowest BCUT2D eigenvalue weighted by Crippen LogP contribution is -2.00. The minimum atomic E-state index is 0.606. The van der Waals surface area contributed by atoms with E-state index in [1.165, 1.54) is 32.7 Å². The summed E-state index contributed by atoms with van der Waals surface area (Å²) in [6.07, 6.45) is 0. The molecule has 4 heteroatoms. The van der Waals surface area contributed by atoms with Gasteiger partial charge in [-0.25, -0.2) is 15.0 Å². The fourth-order valence-corrected chi connectivity index (χ4v) is 7.27. The van der Waals surface area contributed by atoms with Gasteiger partial charge in [0.15, 0.2) is 17.5 Å². The van der Waals surface area contributed by atoms with Crippen molar-refractivity contribution in [2.24, 2.45) is 0 Å². The van der Waals surface area contributed by atoms with Gasteiger partial charge in [-0.05, 0) is 68.1 Å². The van der Waals surface area contributed by atoms with E-state index >= 15 is 0 Å². The number of nitrogens with zero attached hydrogens (tertiary/aromatic N) is 3. The Balaban J connectivity index is 1.11. The molecular formula is C47H29N3O. The molecule has 238 valence electrons. The number of para-hydroxylation sites is 1. The second-order valence-corrected chi connectivity index (χ2v) is 12.8. The second kappa shape index (κ2) is 11.9. The van der Waals surface area contributed by atoms with E-state index < -0.39 is 0 Å². The fourth-order valence-electron chi connectivity index (χ4n) is 7.27. The second-order valence-electron chi connectivity index (χ2n) is 12.8. The van der Waals surface area contributed by atoms with E-state index in [9.17, 15) is 0 Å². The van der Waals surface area contributed by atoms with Crippen LogP contribution in [0.5, 0.6) is 0 Å². The van der Waals surface area contributed by atoms with Gasteiger partial charge in [-0.3, -0.25) is 0 Å². The molecule has 10 aromatic rings. The van der Waals surface area contributed by atoms with Crippen molar-refractivity contribution < 1.29 is 4.42 Å². The highest BCUT2D eigenvalue weighted by atomic mass is 16.3. The summed E-state index contributed by atoms with van der Waals surface area (Å²) in [5.41, 5.74) is 9.13. The molecule has 0 unspecified atom stereocenters. The Labute approximate surface area is 294 Å². The summed E-state index contributed by atoms with van der Waals surface area (Å²) in [5, 5.41) is 6.96. The van der Waals surface area contributed by atoms with Crippen LogP contribution in [0.1, 0.15) is 0 Å². The third-order valence-corrected chi connectivity index (χ3v) is 9.73. The highest BCUT2D eigenvalue weighted by Crippen LogP contribution is 2.39. The Morgan fingerprint density at radius 1 is 0.314 bits per heavy atom. The Morgan fingerprint density at radius 2 is 0.863 bits per heavy atom. The molecule has 0 aliphatic heterocycles. The van der Waals surface area contributed by atoms with Crippen LogP contribution in [0.2, 0.25) is 0 Å². The van der Waals surface area contributed by atoms with Crippen molar-refractivity contribution in [3.63, 3.8) is 0 Å². The highest BCUT2D eigenvalue weighted by molar-refractivity contribution is 6.12. The molecule has 51 heavy (non-hydrogen) atoms. The zero-order chi connectivity index (χ0) is 33.7. The van der Waals surface area contributed by atoms with Gasteiger partial charge in [0.05, 0.1) is 0 Å². The van der Waals surface area contributed by atoms with Crippen LogP contribution in [0.3, 0.4) is 0 Å². The lowest BCUT2D eigenvalue weighted by molar-refractivity contribution is 0.669. The summed E-state index contributed by atoms with van der Waals surface area (Å²) < 4.78 is 6.21. The minimum Gasteiger partial charge on any atom is -0.456 e. The van der Waals surface area contributed by atoms with Crippen LogP contribution in [-0.4, -0.2) is 15.0 Å². The molecule has 0 N–H and O–H groups in total. The van der Waals surface area contributed by atoms with E-state index in [-0.39, 0.29) is 0 Å². The standard InChI is InChI=1S/C47H29N3O/c1-2-13-32(14-3-1)45-48-46(50-47(49-45)40-21-11-23-43-44(40)39-19-8-9-22-42(39)51-43)33-26-24-30(25-27-33)35-28-34-15-5-7-18-37(34)41(29-35)38-20-10-16-31-12-4-6-17-36(31)38/h1-29H. The number of rotatable bonds is 5. The molecule has 0 fully saturated rings. The maximum atomic E-state index is 6.21. The van der Waals surface area contributed by atoms with Crippen molar-refractivity contribution in [2.75, 3.05) is 0 Å². The highest BCUT2D eigenvalue weighted by Gasteiger charge is 2.18. The maximum absolute atomic E-state index is 6.21. The molecule has 0 radical (unpaired) electrons. The first-order valence-electron chi connectivity index (χ1n) is 17.1. The summed E-state index contributed by atoms with van der Waals surface area (Å²) in [7, 11) is 0. The SMILES string of the molecule is c1ccc(-c2nc(-c3ccc(-c4cc(-c5cccc6ccccc56)c5ccccc5c4)cc3)nc(-c3cccc4oc5ccccc5c34)n2)cc1. The lowest BCUT2D eigenvalue weighted by Gasteiger charge is -2.14. The largest absolute Gasteiger partial charge is 0.456 e. The van der Waals surface area contributed by atoms with Gasteiger partial charge in [0, 0.05) is 27.5 Å². The molecule has 0 aliphatic carbocycles. The van der Waals surface area contributed by atoms with E-state index in [1.807, 2.05) is 60.7 Å². The number of aromatic nitrogens is 3. The van der Waals surface area contributed by atoms with Crippen LogP contribution in [0.15, 0.2) is 180 Å². The molecule has 4 nitrogen and oxygen atoms in total. The number of hydrogen-bond donors (Lipinski definition) is 0. The number of furan rings is 1. The Hall–Kier alpha value is -6.91. The maximum Gasteiger partial charge on any atom is 0.164 e. The summed E-state index contributed by atoms with van der Waals surface area (Å²) in [4.78, 5) is 15.1. The van der Waals surface area contributed by atoms with Gasteiger partial charge >= 0.3 is 0 Å². The van der Waals surface area contributed by atoms with Crippen LogP contribution in [0.25, 0.3) is 99.9 Å². The average molecular weight is 652 g/mol. The van der Waals surface area contributed by atoms with Crippen LogP contribution >= 0.6 is 0 Å². The molecule has 10 rings (SSSR count). The molecule has 0 bridgehead atoms. The summed E-state index contributed by atoms with van der Waals surface area (Å²) in [6.45, 7) is 0. The Kier molecular flexibility index (Phi) is 6.78. The molecule has 0 spiro atoms. The normalized spacial score (nSPS) is 11.5. The minimum absolute atomic E-state index is 0.606. The van der Waals surface area contributed by atoms with Gasteiger partial charge in [-0.15, -0.1) is 0 Å². The first-order chi connectivity index (χ1) is 25.3. The van der Waals surface area contributed by atoms with Crippen molar-refractivity contribution in [1.29, 1.82) is 0 Å². The van der Waals surface area contributed by atoms with E-state index in [0.29, 0.717) is 17.5 Å². The van der Waals surface area contributed by atoms with Gasteiger partial charge in [0.1, 0.15) is 11.2 Å². The van der Waals surface area contributed by atoms with Crippen molar-refractivity contribution in [1.82, 2.24) is 15.0 Å². The van der Waals surface area contributed by atoms with Crippen molar-refractivity contribution >= 4 is 43.5 Å². The summed E-state index contributed by atoms with van der Waals surface area (Å²) in [5.74, 6) is 1.85. The molecule has 2 heterocycles. The Morgan fingerprint density at radius 3 is 1.67 bits per heavy atom. The topological polar surface area (TPSA) is 51.8 Å². The molecule has 8 aromatic carbocycles. The third-order valence-electron chi connectivity index (χ3n) is 9.73. The van der Waals surface area contributed by atoms with Gasteiger partial charge < -0.3 is 4.42 Å². The van der Waals surface area contributed by atoms with Crippen LogP contribution in [0.4, 0.5) is 0 Å². The fraction of sp³-hybridized carbons (Fsp3) is 0. The monoisotopic (exact) mass is 651 g/mol. The first kappa shape index (κ1) is 29.0. The predicted molar refractivity (Wildman–Crippen MR) is 209 cm³/mol. The molecule has 0 aliphatic rings. The van der Waals surface area contributed by atoms with Gasteiger partial charge in [0.25, 0.3) is 0 Å². The van der Waals surface area contributed by atoms with Crippen molar-refractivity contribution in [3.8, 4) is 56.4 Å². The smallest absolute Gasteiger partial charge is 0.164 e. The zero-order valence-corrected chi connectivity index (χ0v) is 27.5.